The van der Waals surface area contributed by atoms with Crippen LogP contribution in [0.2, 0.25) is 10.0 Å². The van der Waals surface area contributed by atoms with Crippen molar-refractivity contribution in [3.8, 4) is 0 Å². The molecule has 23 heavy (non-hydrogen) atoms. The molecule has 0 spiro atoms. The number of hydrogen-bond donors (Lipinski definition) is 1. The summed E-state index contributed by atoms with van der Waals surface area (Å²) in [6.45, 7) is 1.23. The fraction of sp³-hybridized carbons (Fsp3) is 0.231. The van der Waals surface area contributed by atoms with Gasteiger partial charge in [0.25, 0.3) is 0 Å². The van der Waals surface area contributed by atoms with E-state index in [1.807, 2.05) is 0 Å². The molecule has 1 aromatic carbocycles. The molecule has 0 saturated heterocycles. The van der Waals surface area contributed by atoms with Crippen molar-refractivity contribution in [1.82, 2.24) is 5.16 Å². The minimum absolute atomic E-state index is 0.186. The highest BCUT2D eigenvalue weighted by molar-refractivity contribution is 7.92. The molecule has 1 aromatic heterocycles. The lowest BCUT2D eigenvalue weighted by Gasteiger charge is -2.22. The molecule has 0 radical (unpaired) electrons. The molecule has 0 fully saturated rings. The normalized spacial score (nSPS) is 11.3. The van der Waals surface area contributed by atoms with E-state index in [-0.39, 0.29) is 21.6 Å². The van der Waals surface area contributed by atoms with E-state index in [2.05, 4.69) is 10.5 Å². The van der Waals surface area contributed by atoms with Crippen molar-refractivity contribution in [2.24, 2.45) is 0 Å². The molecule has 1 N–H and O–H groups in total. The summed E-state index contributed by atoms with van der Waals surface area (Å²) in [5.41, 5.74) is 0.230. The number of nitrogens with zero attached hydrogens (tertiary/aromatic N) is 2. The van der Waals surface area contributed by atoms with Gasteiger partial charge in [-0.2, -0.15) is 0 Å². The number of halogens is 2. The van der Waals surface area contributed by atoms with E-state index < -0.39 is 22.5 Å². The molecule has 0 aliphatic carbocycles. The molecule has 0 aliphatic rings. The predicted octanol–water partition coefficient (Wildman–Crippen LogP) is 2.69. The van der Waals surface area contributed by atoms with E-state index in [1.165, 1.54) is 24.3 Å². The van der Waals surface area contributed by atoms with Crippen LogP contribution in [0.15, 0.2) is 28.8 Å². The van der Waals surface area contributed by atoms with Crippen molar-refractivity contribution in [1.29, 1.82) is 0 Å². The summed E-state index contributed by atoms with van der Waals surface area (Å²) in [7, 11) is -3.70. The molecule has 7 nitrogen and oxygen atoms in total. The number of nitrogens with one attached hydrogen (secondary N) is 1. The Balaban J connectivity index is 2.22. The number of amides is 1. The van der Waals surface area contributed by atoms with Crippen molar-refractivity contribution < 1.29 is 17.7 Å². The van der Waals surface area contributed by atoms with Crippen LogP contribution in [0.25, 0.3) is 0 Å². The lowest BCUT2D eigenvalue weighted by Crippen LogP contribution is -2.37. The van der Waals surface area contributed by atoms with Crippen LogP contribution in [0.1, 0.15) is 5.76 Å². The largest absolute Gasteiger partial charge is 0.360 e. The maximum Gasteiger partial charge on any atom is 0.246 e. The van der Waals surface area contributed by atoms with Crippen LogP contribution in [0, 0.1) is 6.92 Å². The van der Waals surface area contributed by atoms with E-state index in [1.54, 1.807) is 6.92 Å². The Labute approximate surface area is 143 Å². The maximum absolute atomic E-state index is 12.0. The summed E-state index contributed by atoms with van der Waals surface area (Å²) in [6.07, 6.45) is 0.989. The molecule has 0 bridgehead atoms. The lowest BCUT2D eigenvalue weighted by atomic mass is 10.3. The number of sulfonamides is 1. The van der Waals surface area contributed by atoms with Gasteiger partial charge in [0.2, 0.25) is 15.9 Å². The van der Waals surface area contributed by atoms with E-state index in [0.29, 0.717) is 5.76 Å². The van der Waals surface area contributed by atoms with Crippen molar-refractivity contribution >= 4 is 50.6 Å². The number of carbonyl (C=O) groups is 1. The summed E-state index contributed by atoms with van der Waals surface area (Å²) in [6, 6.07) is 5.80. The zero-order chi connectivity index (χ0) is 17.2. The molecule has 0 unspecified atom stereocenters. The molecule has 0 aliphatic heterocycles. The number of aryl methyl sites for hydroxylation is 1. The van der Waals surface area contributed by atoms with Gasteiger partial charge in [-0.05, 0) is 25.1 Å². The van der Waals surface area contributed by atoms with Gasteiger partial charge in [0, 0.05) is 6.07 Å². The lowest BCUT2D eigenvalue weighted by molar-refractivity contribution is -0.114. The SMILES string of the molecule is Cc1cc(NC(=O)CN(c2ccc(Cl)c(Cl)c2)S(C)(=O)=O)no1. The standard InChI is InChI=1S/C13H13Cl2N3O4S/c1-8-5-12(17-22-8)16-13(19)7-18(23(2,20)21)9-3-4-10(14)11(15)6-9/h3-6H,7H2,1-2H3,(H,16,17,19). The van der Waals surface area contributed by atoms with Gasteiger partial charge in [-0.3, -0.25) is 9.10 Å². The Morgan fingerprint density at radius 3 is 2.52 bits per heavy atom. The van der Waals surface area contributed by atoms with Crippen LogP contribution >= 0.6 is 23.2 Å². The first kappa shape index (κ1) is 17.6. The average Bonchev–Trinajstić information content (AvgIpc) is 2.83. The first-order chi connectivity index (χ1) is 10.7. The van der Waals surface area contributed by atoms with Crippen molar-refractivity contribution in [2.45, 2.75) is 6.92 Å². The van der Waals surface area contributed by atoms with Crippen LogP contribution in [0.5, 0.6) is 0 Å². The first-order valence-electron chi connectivity index (χ1n) is 6.33. The zero-order valence-corrected chi connectivity index (χ0v) is 14.5. The smallest absolute Gasteiger partial charge is 0.246 e. The van der Waals surface area contributed by atoms with Crippen molar-refractivity contribution in [3.05, 3.63) is 40.1 Å². The van der Waals surface area contributed by atoms with Crippen LogP contribution in [0.3, 0.4) is 0 Å². The molecule has 2 aromatic rings. The summed E-state index contributed by atoms with van der Waals surface area (Å²) in [4.78, 5) is 12.0. The second-order valence-corrected chi connectivity index (χ2v) is 7.46. The number of aromatic nitrogens is 1. The van der Waals surface area contributed by atoms with Gasteiger partial charge >= 0.3 is 0 Å². The number of hydrogen-bond acceptors (Lipinski definition) is 5. The third-order valence-corrected chi connectivity index (χ3v) is 4.65. The Bertz CT molecular complexity index is 835. The van der Waals surface area contributed by atoms with Crippen LogP contribution in [0.4, 0.5) is 11.5 Å². The van der Waals surface area contributed by atoms with E-state index in [9.17, 15) is 13.2 Å². The zero-order valence-electron chi connectivity index (χ0n) is 12.2. The second-order valence-electron chi connectivity index (χ2n) is 4.74. The topological polar surface area (TPSA) is 92.5 Å². The van der Waals surface area contributed by atoms with Crippen LogP contribution in [-0.4, -0.2) is 32.3 Å². The molecule has 0 atom stereocenters. The minimum Gasteiger partial charge on any atom is -0.360 e. The van der Waals surface area contributed by atoms with Crippen LogP contribution in [-0.2, 0) is 14.8 Å². The average molecular weight is 378 g/mol. The van der Waals surface area contributed by atoms with E-state index in [4.69, 9.17) is 27.7 Å². The molecule has 1 heterocycles. The summed E-state index contributed by atoms with van der Waals surface area (Å²) >= 11 is 11.7. The quantitative estimate of drug-likeness (QED) is 0.864. The minimum atomic E-state index is -3.70. The monoisotopic (exact) mass is 377 g/mol. The predicted molar refractivity (Wildman–Crippen MR) is 88.5 cm³/mol. The Kier molecular flexibility index (Phi) is 5.18. The van der Waals surface area contributed by atoms with E-state index >= 15 is 0 Å². The number of rotatable bonds is 5. The Hall–Kier alpha value is -1.77. The highest BCUT2D eigenvalue weighted by atomic mass is 35.5. The molecule has 10 heteroatoms. The second kappa shape index (κ2) is 6.77. The van der Waals surface area contributed by atoms with Gasteiger partial charge in [0.15, 0.2) is 5.82 Å². The molecule has 2 rings (SSSR count). The Morgan fingerprint density at radius 2 is 2.00 bits per heavy atom. The molecular weight excluding hydrogens is 365 g/mol. The highest BCUT2D eigenvalue weighted by Gasteiger charge is 2.22. The third kappa shape index (κ3) is 4.60. The highest BCUT2D eigenvalue weighted by Crippen LogP contribution is 2.28. The van der Waals surface area contributed by atoms with Gasteiger partial charge in [0.1, 0.15) is 12.3 Å². The molecule has 0 saturated carbocycles. The maximum atomic E-state index is 12.0. The van der Waals surface area contributed by atoms with E-state index in [0.717, 1.165) is 10.6 Å². The molecule has 124 valence electrons. The summed E-state index contributed by atoms with van der Waals surface area (Å²) < 4.78 is 29.6. The fourth-order valence-electron chi connectivity index (χ4n) is 1.78. The van der Waals surface area contributed by atoms with Gasteiger partial charge in [-0.25, -0.2) is 8.42 Å². The first-order valence-corrected chi connectivity index (χ1v) is 8.93. The number of benzene rings is 1. The van der Waals surface area contributed by atoms with Gasteiger partial charge in [-0.1, -0.05) is 28.4 Å². The van der Waals surface area contributed by atoms with Gasteiger partial charge < -0.3 is 9.84 Å². The van der Waals surface area contributed by atoms with Crippen molar-refractivity contribution in [3.63, 3.8) is 0 Å². The summed E-state index contributed by atoms with van der Waals surface area (Å²) in [5.74, 6) is 0.148. The van der Waals surface area contributed by atoms with Crippen LogP contribution < -0.4 is 9.62 Å². The summed E-state index contributed by atoms with van der Waals surface area (Å²) in [5, 5.41) is 6.53. The number of carbonyl (C=O) groups excluding carboxylic acids is 1. The molecular formula is C13H13Cl2N3O4S. The van der Waals surface area contributed by atoms with Gasteiger partial charge in [0.05, 0.1) is 22.0 Å². The molecule has 1 amide bonds. The number of anilines is 2. The third-order valence-electron chi connectivity index (χ3n) is 2.77. The Morgan fingerprint density at radius 1 is 1.30 bits per heavy atom. The fourth-order valence-corrected chi connectivity index (χ4v) is 2.92. The van der Waals surface area contributed by atoms with Crippen molar-refractivity contribution in [2.75, 3.05) is 22.4 Å². The van der Waals surface area contributed by atoms with Gasteiger partial charge in [-0.15, -0.1) is 0 Å².